The fourth-order valence-corrected chi connectivity index (χ4v) is 3.00. The molecule has 0 bridgehead atoms. The molecule has 0 saturated carbocycles. The van der Waals surface area contributed by atoms with E-state index >= 15 is 0 Å². The number of halogens is 1. The molecule has 114 valence electrons. The van der Waals surface area contributed by atoms with Crippen LogP contribution in [0.25, 0.3) is 16.8 Å². The zero-order valence-corrected chi connectivity index (χ0v) is 12.9. The van der Waals surface area contributed by atoms with Crippen LogP contribution in [0.4, 0.5) is 6.01 Å². The van der Waals surface area contributed by atoms with Crippen molar-refractivity contribution in [2.24, 2.45) is 0 Å². The molecule has 0 radical (unpaired) electrons. The number of anilines is 1. The van der Waals surface area contributed by atoms with Gasteiger partial charge in [0.05, 0.1) is 5.69 Å². The first-order valence-corrected chi connectivity index (χ1v) is 7.67. The third kappa shape index (κ3) is 2.24. The van der Waals surface area contributed by atoms with Crippen LogP contribution in [0.15, 0.2) is 35.0 Å². The van der Waals surface area contributed by atoms with Gasteiger partial charge in [-0.15, -0.1) is 0 Å². The van der Waals surface area contributed by atoms with Gasteiger partial charge in [-0.25, -0.2) is 4.68 Å². The number of hydrogen-bond donors (Lipinski definition) is 1. The third-order valence-electron chi connectivity index (χ3n) is 3.93. The van der Waals surface area contributed by atoms with Gasteiger partial charge >= 0.3 is 0 Å². The van der Waals surface area contributed by atoms with Gasteiger partial charge in [-0.1, -0.05) is 11.6 Å². The van der Waals surface area contributed by atoms with Gasteiger partial charge in [-0.05, 0) is 19.1 Å². The van der Waals surface area contributed by atoms with E-state index in [9.17, 15) is 0 Å². The molecule has 7 heteroatoms. The van der Waals surface area contributed by atoms with Crippen LogP contribution < -0.4 is 10.2 Å². The van der Waals surface area contributed by atoms with E-state index in [1.54, 1.807) is 16.9 Å². The van der Waals surface area contributed by atoms with E-state index < -0.39 is 0 Å². The summed E-state index contributed by atoms with van der Waals surface area (Å²) in [4.78, 5) is 6.87. The molecular formula is C15H16ClN5O. The first-order valence-electron chi connectivity index (χ1n) is 7.30. The van der Waals surface area contributed by atoms with E-state index in [2.05, 4.69) is 22.2 Å². The molecule has 3 aromatic rings. The second kappa shape index (κ2) is 5.30. The lowest BCUT2D eigenvalue weighted by Gasteiger charge is -2.32. The van der Waals surface area contributed by atoms with E-state index in [1.165, 1.54) is 0 Å². The lowest BCUT2D eigenvalue weighted by Crippen LogP contribution is -2.50. The molecule has 2 aromatic heterocycles. The van der Waals surface area contributed by atoms with Crippen molar-refractivity contribution in [3.05, 3.63) is 35.6 Å². The summed E-state index contributed by atoms with van der Waals surface area (Å²) in [6.45, 7) is 4.88. The highest BCUT2D eigenvalue weighted by atomic mass is 35.5. The maximum Gasteiger partial charge on any atom is 0.298 e. The SMILES string of the molecule is CC1CNCCN1c1nc2c(-n3cccn3)cc(Cl)cc2o1. The van der Waals surface area contributed by atoms with Crippen molar-refractivity contribution in [2.45, 2.75) is 13.0 Å². The van der Waals surface area contributed by atoms with E-state index in [0.717, 1.165) is 30.8 Å². The summed E-state index contributed by atoms with van der Waals surface area (Å²) in [5, 5.41) is 8.24. The van der Waals surface area contributed by atoms with Crippen molar-refractivity contribution in [3.63, 3.8) is 0 Å². The Morgan fingerprint density at radius 1 is 1.41 bits per heavy atom. The fraction of sp³-hybridized carbons (Fsp3) is 0.333. The van der Waals surface area contributed by atoms with Gasteiger partial charge in [-0.2, -0.15) is 10.1 Å². The summed E-state index contributed by atoms with van der Waals surface area (Å²) in [5.74, 6) is 0. The van der Waals surface area contributed by atoms with Crippen LogP contribution in [0.3, 0.4) is 0 Å². The Labute approximate surface area is 132 Å². The number of nitrogens with one attached hydrogen (secondary N) is 1. The molecule has 1 aromatic carbocycles. The van der Waals surface area contributed by atoms with Crippen molar-refractivity contribution < 1.29 is 4.42 Å². The molecule has 4 rings (SSSR count). The quantitative estimate of drug-likeness (QED) is 0.787. The van der Waals surface area contributed by atoms with E-state index in [-0.39, 0.29) is 0 Å². The molecule has 1 atom stereocenters. The molecule has 22 heavy (non-hydrogen) atoms. The third-order valence-corrected chi connectivity index (χ3v) is 4.14. The minimum Gasteiger partial charge on any atom is -0.423 e. The lowest BCUT2D eigenvalue weighted by molar-refractivity contribution is 0.456. The van der Waals surface area contributed by atoms with Gasteiger partial charge in [0.1, 0.15) is 5.52 Å². The van der Waals surface area contributed by atoms with Crippen molar-refractivity contribution in [1.82, 2.24) is 20.1 Å². The van der Waals surface area contributed by atoms with Crippen LogP contribution in [0.5, 0.6) is 0 Å². The molecule has 1 fully saturated rings. The van der Waals surface area contributed by atoms with Gasteiger partial charge in [0, 0.05) is 49.2 Å². The van der Waals surface area contributed by atoms with Crippen LogP contribution in [-0.4, -0.2) is 40.4 Å². The highest BCUT2D eigenvalue weighted by Crippen LogP contribution is 2.30. The second-order valence-corrected chi connectivity index (χ2v) is 5.90. The number of fused-ring (bicyclic) bond motifs is 1. The summed E-state index contributed by atoms with van der Waals surface area (Å²) in [6.07, 6.45) is 3.60. The molecule has 3 heterocycles. The van der Waals surface area contributed by atoms with Gasteiger partial charge in [0.25, 0.3) is 6.01 Å². The van der Waals surface area contributed by atoms with Crippen LogP contribution in [0.1, 0.15) is 6.92 Å². The molecule has 0 aliphatic carbocycles. The van der Waals surface area contributed by atoms with E-state index in [0.29, 0.717) is 22.7 Å². The molecule has 1 N–H and O–H groups in total. The molecule has 1 unspecified atom stereocenters. The Balaban J connectivity index is 1.85. The molecule has 0 amide bonds. The van der Waals surface area contributed by atoms with Crippen LogP contribution in [0, 0.1) is 0 Å². The first kappa shape index (κ1) is 13.6. The number of nitrogens with zero attached hydrogens (tertiary/aromatic N) is 4. The predicted molar refractivity (Wildman–Crippen MR) is 85.8 cm³/mol. The minimum absolute atomic E-state index is 0.338. The van der Waals surface area contributed by atoms with Crippen LogP contribution in [-0.2, 0) is 0 Å². The molecular weight excluding hydrogens is 302 g/mol. The highest BCUT2D eigenvalue weighted by Gasteiger charge is 2.24. The Morgan fingerprint density at radius 2 is 2.32 bits per heavy atom. The van der Waals surface area contributed by atoms with Crippen molar-refractivity contribution >= 4 is 28.7 Å². The summed E-state index contributed by atoms with van der Waals surface area (Å²) < 4.78 is 7.71. The number of hydrogen-bond acceptors (Lipinski definition) is 5. The summed E-state index contributed by atoms with van der Waals surface area (Å²) in [7, 11) is 0. The van der Waals surface area contributed by atoms with Crippen molar-refractivity contribution in [2.75, 3.05) is 24.5 Å². The zero-order valence-electron chi connectivity index (χ0n) is 12.2. The predicted octanol–water partition coefficient (Wildman–Crippen LogP) is 2.46. The maximum absolute atomic E-state index is 6.21. The molecule has 1 saturated heterocycles. The monoisotopic (exact) mass is 317 g/mol. The Kier molecular flexibility index (Phi) is 3.28. The minimum atomic E-state index is 0.338. The highest BCUT2D eigenvalue weighted by molar-refractivity contribution is 6.31. The van der Waals surface area contributed by atoms with E-state index in [1.807, 2.05) is 18.3 Å². The standard InChI is InChI=1S/C15H16ClN5O/c1-10-9-17-4-6-20(10)15-19-14-12(21-5-2-3-18-21)7-11(16)8-13(14)22-15/h2-3,5,7-8,10,17H,4,6,9H2,1H3. The van der Waals surface area contributed by atoms with Crippen LogP contribution >= 0.6 is 11.6 Å². The number of oxazole rings is 1. The van der Waals surface area contributed by atoms with Crippen molar-refractivity contribution in [3.8, 4) is 5.69 Å². The van der Waals surface area contributed by atoms with Gasteiger partial charge < -0.3 is 14.6 Å². The number of aromatic nitrogens is 3. The number of rotatable bonds is 2. The lowest BCUT2D eigenvalue weighted by atomic mass is 10.2. The molecule has 0 spiro atoms. The average molecular weight is 318 g/mol. The smallest absolute Gasteiger partial charge is 0.298 e. The maximum atomic E-state index is 6.21. The molecule has 1 aliphatic heterocycles. The summed E-state index contributed by atoms with van der Waals surface area (Å²) >= 11 is 6.21. The second-order valence-electron chi connectivity index (χ2n) is 5.47. The van der Waals surface area contributed by atoms with Crippen molar-refractivity contribution in [1.29, 1.82) is 0 Å². The summed E-state index contributed by atoms with van der Waals surface area (Å²) in [5.41, 5.74) is 2.28. The molecule has 1 aliphatic rings. The van der Waals surface area contributed by atoms with E-state index in [4.69, 9.17) is 21.0 Å². The van der Waals surface area contributed by atoms with Gasteiger partial charge in [0.15, 0.2) is 5.58 Å². The first-order chi connectivity index (χ1) is 10.7. The van der Waals surface area contributed by atoms with Crippen LogP contribution in [0.2, 0.25) is 5.02 Å². The topological polar surface area (TPSA) is 59.1 Å². The number of piperazine rings is 1. The zero-order chi connectivity index (χ0) is 15.1. The number of benzene rings is 1. The Bertz CT molecular complexity index is 798. The average Bonchev–Trinajstić information content (AvgIpc) is 3.15. The van der Waals surface area contributed by atoms with Gasteiger partial charge in [0.2, 0.25) is 0 Å². The Hall–Kier alpha value is -2.05. The fourth-order valence-electron chi connectivity index (χ4n) is 2.80. The normalized spacial score (nSPS) is 19.0. The Morgan fingerprint density at radius 3 is 3.09 bits per heavy atom. The summed E-state index contributed by atoms with van der Waals surface area (Å²) in [6, 6.07) is 6.49. The largest absolute Gasteiger partial charge is 0.423 e. The molecule has 6 nitrogen and oxygen atoms in total. The van der Waals surface area contributed by atoms with Gasteiger partial charge in [-0.3, -0.25) is 0 Å².